The summed E-state index contributed by atoms with van der Waals surface area (Å²) in [6.45, 7) is 2.95. The van der Waals surface area contributed by atoms with Crippen LogP contribution in [-0.2, 0) is 0 Å². The van der Waals surface area contributed by atoms with Gasteiger partial charge >= 0.3 is 0 Å². The Morgan fingerprint density at radius 1 is 1.32 bits per heavy atom. The second-order valence-corrected chi connectivity index (χ2v) is 7.39. The Morgan fingerprint density at radius 2 is 2.08 bits per heavy atom. The van der Waals surface area contributed by atoms with Crippen molar-refractivity contribution in [3.8, 4) is 11.3 Å². The topological polar surface area (TPSA) is 53.7 Å². The van der Waals surface area contributed by atoms with Crippen molar-refractivity contribution in [2.45, 2.75) is 25.8 Å². The first-order chi connectivity index (χ1) is 12.1. The number of halogens is 2. The van der Waals surface area contributed by atoms with Crippen LogP contribution < -0.4 is 4.90 Å². The fraction of sp³-hybridized carbons (Fsp3) is 0.333. The number of hydrogen-bond donors (Lipinski definition) is 1. The fourth-order valence-electron chi connectivity index (χ4n) is 3.39. The predicted octanol–water partition coefficient (Wildman–Crippen LogP) is 3.41. The number of anilines is 1. The lowest BCUT2D eigenvalue weighted by Crippen LogP contribution is -2.32. The van der Waals surface area contributed by atoms with Gasteiger partial charge in [-0.1, -0.05) is 0 Å². The van der Waals surface area contributed by atoms with Crippen molar-refractivity contribution in [1.29, 1.82) is 0 Å². The molecule has 25 heavy (non-hydrogen) atoms. The first-order valence-corrected chi connectivity index (χ1v) is 9.35. The molecule has 0 spiro atoms. The highest BCUT2D eigenvalue weighted by atomic mass is 127. The van der Waals surface area contributed by atoms with Gasteiger partial charge in [0.1, 0.15) is 11.6 Å². The first-order valence-electron chi connectivity index (χ1n) is 8.28. The molecule has 1 atom stereocenters. The van der Waals surface area contributed by atoms with Gasteiger partial charge in [0.15, 0.2) is 5.65 Å². The second-order valence-electron chi connectivity index (χ2n) is 6.31. The maximum atomic E-state index is 13.3. The Morgan fingerprint density at radius 3 is 2.80 bits per heavy atom. The molecule has 0 amide bonds. The standard InChI is InChI=1S/C18H18FIN4O/c1-11-17(20)18-21-16(23-8-2-3-14(23)10-25)9-15(24(18)22-11)12-4-6-13(19)7-5-12/h4-7,9,14,25H,2-3,8,10H2,1H3. The molecule has 5 nitrogen and oxygen atoms in total. The van der Waals surface area contributed by atoms with Crippen molar-refractivity contribution >= 4 is 34.1 Å². The quantitative estimate of drug-likeness (QED) is 0.620. The summed E-state index contributed by atoms with van der Waals surface area (Å²) in [5.41, 5.74) is 3.45. The van der Waals surface area contributed by atoms with Crippen molar-refractivity contribution in [3.05, 3.63) is 45.4 Å². The molecule has 3 heterocycles. The van der Waals surface area contributed by atoms with E-state index in [0.717, 1.165) is 51.4 Å². The molecule has 1 aromatic carbocycles. The van der Waals surface area contributed by atoms with Gasteiger partial charge in [0.25, 0.3) is 0 Å². The molecule has 4 rings (SSSR count). The molecule has 130 valence electrons. The van der Waals surface area contributed by atoms with Gasteiger partial charge in [0.2, 0.25) is 0 Å². The predicted molar refractivity (Wildman–Crippen MR) is 103 cm³/mol. The van der Waals surface area contributed by atoms with E-state index in [4.69, 9.17) is 4.98 Å². The third kappa shape index (κ3) is 2.89. The number of rotatable bonds is 3. The minimum atomic E-state index is -0.264. The van der Waals surface area contributed by atoms with Crippen molar-refractivity contribution in [3.63, 3.8) is 0 Å². The molecule has 7 heteroatoms. The number of aliphatic hydroxyl groups is 1. The summed E-state index contributed by atoms with van der Waals surface area (Å²) in [7, 11) is 0. The maximum absolute atomic E-state index is 13.3. The summed E-state index contributed by atoms with van der Waals surface area (Å²) >= 11 is 2.26. The Kier molecular flexibility index (Phi) is 4.36. The summed E-state index contributed by atoms with van der Waals surface area (Å²) in [6.07, 6.45) is 2.00. The van der Waals surface area contributed by atoms with Gasteiger partial charge in [0.05, 0.1) is 27.6 Å². The van der Waals surface area contributed by atoms with Gasteiger partial charge in [-0.15, -0.1) is 0 Å². The molecule has 1 saturated heterocycles. The fourth-order valence-corrected chi connectivity index (χ4v) is 3.84. The van der Waals surface area contributed by atoms with E-state index < -0.39 is 0 Å². The van der Waals surface area contributed by atoms with Crippen LogP contribution in [0.1, 0.15) is 18.5 Å². The van der Waals surface area contributed by atoms with Crippen molar-refractivity contribution in [2.24, 2.45) is 0 Å². The van der Waals surface area contributed by atoms with Crippen molar-refractivity contribution in [1.82, 2.24) is 14.6 Å². The van der Waals surface area contributed by atoms with Crippen LogP contribution in [-0.4, -0.2) is 38.9 Å². The largest absolute Gasteiger partial charge is 0.394 e. The zero-order chi connectivity index (χ0) is 17.6. The third-order valence-corrected chi connectivity index (χ3v) is 5.96. The molecule has 0 aliphatic carbocycles. The summed E-state index contributed by atoms with van der Waals surface area (Å²) in [5.74, 6) is 0.571. The molecule has 1 N–H and O–H groups in total. The lowest BCUT2D eigenvalue weighted by Gasteiger charge is -2.24. The van der Waals surface area contributed by atoms with Crippen LogP contribution in [0.5, 0.6) is 0 Å². The van der Waals surface area contributed by atoms with E-state index in [1.807, 2.05) is 17.5 Å². The molecular formula is C18H18FIN4O. The molecule has 0 radical (unpaired) electrons. The highest BCUT2D eigenvalue weighted by Gasteiger charge is 2.26. The molecular weight excluding hydrogens is 434 g/mol. The van der Waals surface area contributed by atoms with Gasteiger partial charge in [-0.05, 0) is 66.6 Å². The number of fused-ring (bicyclic) bond motifs is 1. The van der Waals surface area contributed by atoms with Crippen LogP contribution >= 0.6 is 22.6 Å². The Hall–Kier alpha value is -1.74. The van der Waals surface area contributed by atoms with Crippen LogP contribution in [0, 0.1) is 16.3 Å². The van der Waals surface area contributed by atoms with Crippen molar-refractivity contribution in [2.75, 3.05) is 18.1 Å². The van der Waals surface area contributed by atoms with E-state index in [0.29, 0.717) is 0 Å². The molecule has 1 aliphatic rings. The lowest BCUT2D eigenvalue weighted by atomic mass is 10.1. The molecule has 0 saturated carbocycles. The highest BCUT2D eigenvalue weighted by molar-refractivity contribution is 14.1. The second kappa shape index (κ2) is 6.53. The molecule has 1 fully saturated rings. The lowest BCUT2D eigenvalue weighted by molar-refractivity contribution is 0.266. The van der Waals surface area contributed by atoms with Gasteiger partial charge in [-0.25, -0.2) is 13.9 Å². The summed E-state index contributed by atoms with van der Waals surface area (Å²) < 4.78 is 16.2. The number of aryl methyl sites for hydroxylation is 1. The molecule has 2 aromatic heterocycles. The third-order valence-electron chi connectivity index (χ3n) is 4.70. The van der Waals surface area contributed by atoms with Crippen LogP contribution in [0.3, 0.4) is 0 Å². The monoisotopic (exact) mass is 452 g/mol. The van der Waals surface area contributed by atoms with Crippen LogP contribution in [0.2, 0.25) is 0 Å². The Labute approximate surface area is 158 Å². The minimum Gasteiger partial charge on any atom is -0.394 e. The van der Waals surface area contributed by atoms with E-state index in [1.54, 1.807) is 12.1 Å². The number of aliphatic hydroxyl groups excluding tert-OH is 1. The van der Waals surface area contributed by atoms with E-state index >= 15 is 0 Å². The normalized spacial score (nSPS) is 17.6. The minimum absolute atomic E-state index is 0.0951. The first kappa shape index (κ1) is 16.7. The number of nitrogens with zero attached hydrogens (tertiary/aromatic N) is 4. The van der Waals surface area contributed by atoms with Gasteiger partial charge in [0, 0.05) is 18.2 Å². The molecule has 0 bridgehead atoms. The van der Waals surface area contributed by atoms with Gasteiger partial charge in [-0.2, -0.15) is 5.10 Å². The zero-order valence-electron chi connectivity index (χ0n) is 13.8. The van der Waals surface area contributed by atoms with Crippen molar-refractivity contribution < 1.29 is 9.50 Å². The Bertz CT molecular complexity index is 925. The Balaban J connectivity index is 1.93. The smallest absolute Gasteiger partial charge is 0.171 e. The zero-order valence-corrected chi connectivity index (χ0v) is 15.9. The van der Waals surface area contributed by atoms with Gasteiger partial charge < -0.3 is 10.0 Å². The molecule has 3 aromatic rings. The molecule has 1 aliphatic heterocycles. The highest BCUT2D eigenvalue weighted by Crippen LogP contribution is 2.31. The average Bonchev–Trinajstić information content (AvgIpc) is 3.20. The van der Waals surface area contributed by atoms with Crippen LogP contribution in [0.4, 0.5) is 10.2 Å². The van der Waals surface area contributed by atoms with Crippen LogP contribution in [0.15, 0.2) is 30.3 Å². The molecule has 1 unspecified atom stereocenters. The summed E-state index contributed by atoms with van der Waals surface area (Å²) in [6, 6.07) is 8.50. The number of hydrogen-bond acceptors (Lipinski definition) is 4. The van der Waals surface area contributed by atoms with E-state index in [-0.39, 0.29) is 18.5 Å². The van der Waals surface area contributed by atoms with Crippen LogP contribution in [0.25, 0.3) is 16.9 Å². The number of aromatic nitrogens is 3. The summed E-state index contributed by atoms with van der Waals surface area (Å²) in [5, 5.41) is 14.3. The average molecular weight is 452 g/mol. The van der Waals surface area contributed by atoms with E-state index in [1.165, 1.54) is 12.1 Å². The number of benzene rings is 1. The SMILES string of the molecule is Cc1nn2c(-c3ccc(F)cc3)cc(N3CCCC3CO)nc2c1I. The van der Waals surface area contributed by atoms with E-state index in [2.05, 4.69) is 32.6 Å². The van der Waals surface area contributed by atoms with E-state index in [9.17, 15) is 9.50 Å². The summed E-state index contributed by atoms with van der Waals surface area (Å²) in [4.78, 5) is 6.97. The maximum Gasteiger partial charge on any atom is 0.171 e. The van der Waals surface area contributed by atoms with Gasteiger partial charge in [-0.3, -0.25) is 0 Å².